The van der Waals surface area contributed by atoms with Gasteiger partial charge in [0.25, 0.3) is 0 Å². The van der Waals surface area contributed by atoms with Crippen molar-refractivity contribution in [3.05, 3.63) is 57.9 Å². The van der Waals surface area contributed by atoms with Crippen LogP contribution in [0.5, 0.6) is 0 Å². The monoisotopic (exact) mass is 383 g/mol. The maximum Gasteiger partial charge on any atom is 0.343 e. The molecule has 1 aromatic carbocycles. The van der Waals surface area contributed by atoms with Gasteiger partial charge in [-0.05, 0) is 43.8 Å². The molecule has 0 fully saturated rings. The van der Waals surface area contributed by atoms with Crippen LogP contribution in [0.25, 0.3) is 0 Å². The number of carbonyl (C=O) groups excluding carboxylic acids is 2. The molecule has 0 aliphatic carbocycles. The molecule has 1 aliphatic heterocycles. The second kappa shape index (κ2) is 8.64. The Bertz CT molecular complexity index is 901. The number of anilines is 1. The molecule has 0 saturated heterocycles. The highest BCUT2D eigenvalue weighted by Crippen LogP contribution is 2.30. The van der Waals surface area contributed by atoms with Crippen LogP contribution in [0.15, 0.2) is 58.0 Å². The fourth-order valence-corrected chi connectivity index (χ4v) is 3.43. The summed E-state index contributed by atoms with van der Waals surface area (Å²) in [4.78, 5) is 30.6. The first-order valence-electron chi connectivity index (χ1n) is 8.73. The number of aryl methyl sites for hydroxylation is 1. The molecule has 7 heteroatoms. The van der Waals surface area contributed by atoms with Crippen molar-refractivity contribution in [2.24, 2.45) is 4.99 Å². The molecule has 0 atom stereocenters. The second-order valence-electron chi connectivity index (χ2n) is 5.95. The molecule has 0 saturated carbocycles. The minimum absolute atomic E-state index is 0.198. The molecule has 0 unspecified atom stereocenters. The molecule has 6 nitrogen and oxygen atoms in total. The van der Waals surface area contributed by atoms with Crippen molar-refractivity contribution in [1.29, 1.82) is 0 Å². The summed E-state index contributed by atoms with van der Waals surface area (Å²) in [6.45, 7) is 3.74. The van der Waals surface area contributed by atoms with Gasteiger partial charge in [-0.2, -0.15) is 0 Å². The average molecular weight is 383 g/mol. The Morgan fingerprint density at radius 2 is 2.04 bits per heavy atom. The third-order valence-electron chi connectivity index (χ3n) is 3.99. The Labute approximate surface area is 162 Å². The number of nitrogens with one attached hydrogen (secondary N) is 2. The molecular formula is C20H21N3O3S. The first-order valence-corrected chi connectivity index (χ1v) is 9.61. The highest BCUT2D eigenvalue weighted by atomic mass is 32.1. The summed E-state index contributed by atoms with van der Waals surface area (Å²) in [5.41, 5.74) is 2.22. The minimum atomic E-state index is -0.521. The standard InChI is InChI=1S/C20H21N3O3S/c1-3-26-20(25)18-13(2)21-15-8-4-5-9-16(15)22-19(18)23-17(24)11-10-14-7-6-12-27-14/h4-9,12,21H,3,10-11H2,1-2H3,(H,22,23,24). The number of thiophene rings is 1. The zero-order chi connectivity index (χ0) is 19.2. The van der Waals surface area contributed by atoms with E-state index in [9.17, 15) is 9.59 Å². The number of hydrogen-bond acceptors (Lipinski definition) is 6. The topological polar surface area (TPSA) is 79.8 Å². The van der Waals surface area contributed by atoms with E-state index in [-0.39, 0.29) is 23.9 Å². The van der Waals surface area contributed by atoms with Gasteiger partial charge in [-0.3, -0.25) is 4.79 Å². The van der Waals surface area contributed by atoms with Crippen LogP contribution < -0.4 is 10.6 Å². The van der Waals surface area contributed by atoms with Crippen LogP contribution in [0.1, 0.15) is 25.1 Å². The number of nitrogens with zero attached hydrogens (tertiary/aromatic N) is 1. The number of fused-ring (bicyclic) bond motifs is 1. The zero-order valence-corrected chi connectivity index (χ0v) is 16.1. The summed E-state index contributed by atoms with van der Waals surface area (Å²) >= 11 is 1.61. The van der Waals surface area contributed by atoms with Gasteiger partial charge < -0.3 is 15.4 Å². The van der Waals surface area contributed by atoms with Crippen molar-refractivity contribution < 1.29 is 14.3 Å². The van der Waals surface area contributed by atoms with Crippen LogP contribution in [-0.2, 0) is 20.7 Å². The summed E-state index contributed by atoms with van der Waals surface area (Å²) in [7, 11) is 0. The number of hydrogen-bond donors (Lipinski definition) is 2. The van der Waals surface area contributed by atoms with Crippen molar-refractivity contribution in [1.82, 2.24) is 5.32 Å². The molecule has 1 amide bonds. The van der Waals surface area contributed by atoms with Gasteiger partial charge in [0.1, 0.15) is 11.4 Å². The first-order chi connectivity index (χ1) is 13.1. The van der Waals surface area contributed by atoms with E-state index >= 15 is 0 Å². The Kier molecular flexibility index (Phi) is 6.03. The fraction of sp³-hybridized carbons (Fsp3) is 0.250. The van der Waals surface area contributed by atoms with Crippen molar-refractivity contribution in [2.75, 3.05) is 11.9 Å². The number of benzene rings is 1. The molecule has 1 aliphatic rings. The maximum absolute atomic E-state index is 12.5. The molecule has 0 spiro atoms. The zero-order valence-electron chi connectivity index (χ0n) is 15.2. The van der Waals surface area contributed by atoms with Gasteiger partial charge >= 0.3 is 5.97 Å². The number of esters is 1. The predicted octanol–water partition coefficient (Wildman–Crippen LogP) is 3.79. The van der Waals surface area contributed by atoms with Crippen LogP contribution in [-0.4, -0.2) is 24.3 Å². The molecule has 2 N–H and O–H groups in total. The number of carbonyl (C=O) groups is 2. The first kappa shape index (κ1) is 18.8. The third-order valence-corrected chi connectivity index (χ3v) is 4.92. The summed E-state index contributed by atoms with van der Waals surface area (Å²) in [5.74, 6) is -0.511. The SMILES string of the molecule is CCOC(=O)C1=C(C)Nc2ccccc2N=C1NC(=O)CCc1cccs1. The van der Waals surface area contributed by atoms with E-state index < -0.39 is 5.97 Å². The van der Waals surface area contributed by atoms with Gasteiger partial charge in [-0.15, -0.1) is 11.3 Å². The Morgan fingerprint density at radius 3 is 2.78 bits per heavy atom. The predicted molar refractivity (Wildman–Crippen MR) is 107 cm³/mol. The smallest absolute Gasteiger partial charge is 0.343 e. The lowest BCUT2D eigenvalue weighted by molar-refractivity contribution is -0.137. The number of amides is 1. The van der Waals surface area contributed by atoms with Gasteiger partial charge in [-0.1, -0.05) is 18.2 Å². The minimum Gasteiger partial charge on any atom is -0.462 e. The average Bonchev–Trinajstić information content (AvgIpc) is 3.11. The molecule has 2 aromatic rings. The number of allylic oxidation sites excluding steroid dienone is 1. The van der Waals surface area contributed by atoms with Crippen LogP contribution in [0.4, 0.5) is 11.4 Å². The van der Waals surface area contributed by atoms with E-state index in [1.807, 2.05) is 41.8 Å². The normalized spacial score (nSPS) is 13.2. The van der Waals surface area contributed by atoms with E-state index in [2.05, 4.69) is 15.6 Å². The van der Waals surface area contributed by atoms with Gasteiger partial charge in [-0.25, -0.2) is 9.79 Å². The molecule has 27 heavy (non-hydrogen) atoms. The van der Waals surface area contributed by atoms with Crippen molar-refractivity contribution >= 4 is 40.4 Å². The quantitative estimate of drug-likeness (QED) is 0.770. The Hall–Kier alpha value is -2.93. The van der Waals surface area contributed by atoms with Crippen LogP contribution >= 0.6 is 11.3 Å². The van der Waals surface area contributed by atoms with E-state index in [4.69, 9.17) is 4.74 Å². The number of amidine groups is 1. The molecule has 2 heterocycles. The number of rotatable bonds is 5. The van der Waals surface area contributed by atoms with Crippen molar-refractivity contribution in [3.8, 4) is 0 Å². The highest BCUT2D eigenvalue weighted by Gasteiger charge is 2.25. The van der Waals surface area contributed by atoms with Crippen molar-refractivity contribution in [3.63, 3.8) is 0 Å². The molecule has 140 valence electrons. The van der Waals surface area contributed by atoms with Gasteiger partial charge in [0.05, 0.1) is 18.0 Å². The van der Waals surface area contributed by atoms with Crippen LogP contribution in [0.2, 0.25) is 0 Å². The van der Waals surface area contributed by atoms with E-state index in [1.165, 1.54) is 0 Å². The lowest BCUT2D eigenvalue weighted by Gasteiger charge is -2.13. The van der Waals surface area contributed by atoms with Crippen molar-refractivity contribution in [2.45, 2.75) is 26.7 Å². The number of ether oxygens (including phenoxy) is 1. The summed E-state index contributed by atoms with van der Waals surface area (Å²) in [6, 6.07) is 11.4. The van der Waals surface area contributed by atoms with E-state index in [1.54, 1.807) is 25.2 Å². The largest absolute Gasteiger partial charge is 0.462 e. The van der Waals surface area contributed by atoms with Crippen LogP contribution in [0.3, 0.4) is 0 Å². The highest BCUT2D eigenvalue weighted by molar-refractivity contribution is 7.09. The summed E-state index contributed by atoms with van der Waals surface area (Å²) in [6.07, 6.45) is 0.951. The second-order valence-corrected chi connectivity index (χ2v) is 6.98. The van der Waals surface area contributed by atoms with Crippen LogP contribution in [0, 0.1) is 0 Å². The fourth-order valence-electron chi connectivity index (χ4n) is 2.72. The lowest BCUT2D eigenvalue weighted by Crippen LogP contribution is -2.35. The molecule has 0 radical (unpaired) electrons. The number of aliphatic imine (C=N–C) groups is 1. The Morgan fingerprint density at radius 1 is 1.22 bits per heavy atom. The van der Waals surface area contributed by atoms with Gasteiger partial charge in [0.2, 0.25) is 5.91 Å². The Balaban J connectivity index is 1.87. The molecular weight excluding hydrogens is 362 g/mol. The van der Waals surface area contributed by atoms with Gasteiger partial charge in [0.15, 0.2) is 0 Å². The summed E-state index contributed by atoms with van der Waals surface area (Å²) < 4.78 is 5.17. The number of para-hydroxylation sites is 2. The van der Waals surface area contributed by atoms with E-state index in [0.29, 0.717) is 24.2 Å². The maximum atomic E-state index is 12.5. The molecule has 3 rings (SSSR count). The molecule has 0 bridgehead atoms. The van der Waals surface area contributed by atoms with Gasteiger partial charge in [0, 0.05) is 17.0 Å². The lowest BCUT2D eigenvalue weighted by atomic mass is 10.1. The molecule has 1 aromatic heterocycles. The third kappa shape index (κ3) is 4.62. The summed E-state index contributed by atoms with van der Waals surface area (Å²) in [5, 5.41) is 7.97. The van der Waals surface area contributed by atoms with E-state index in [0.717, 1.165) is 10.6 Å².